The molecule has 124 valence electrons. The van der Waals surface area contributed by atoms with Crippen LogP contribution in [0.3, 0.4) is 0 Å². The molecule has 0 spiro atoms. The monoisotopic (exact) mass is 343 g/mol. The number of hydrogen-bond donors (Lipinski definition) is 0. The van der Waals surface area contributed by atoms with E-state index in [0.717, 1.165) is 11.1 Å². The number of carbonyl (C=O) groups excluding carboxylic acids is 2. The molecule has 0 aliphatic carbocycles. The summed E-state index contributed by atoms with van der Waals surface area (Å²) in [7, 11) is 0. The number of rotatable bonds is 5. The number of amides is 1. The molecule has 3 rings (SSSR count). The molecule has 0 aromatic heterocycles. The van der Waals surface area contributed by atoms with Crippen LogP contribution in [0.5, 0.6) is 0 Å². The van der Waals surface area contributed by atoms with Gasteiger partial charge in [0.25, 0.3) is 0 Å². The van der Waals surface area contributed by atoms with Gasteiger partial charge in [-0.25, -0.2) is 0 Å². The third kappa shape index (κ3) is 3.95. The second-order valence-electron chi connectivity index (χ2n) is 5.86. The molecule has 0 N–H and O–H groups in total. The molecule has 0 bridgehead atoms. The fourth-order valence-electron chi connectivity index (χ4n) is 2.77. The van der Waals surface area contributed by atoms with Crippen LogP contribution in [0, 0.1) is 5.92 Å². The first-order valence-electron chi connectivity index (χ1n) is 7.85. The second kappa shape index (κ2) is 7.49. The van der Waals surface area contributed by atoms with Crippen LogP contribution in [-0.4, -0.2) is 23.3 Å². The van der Waals surface area contributed by atoms with Gasteiger partial charge in [-0.15, -0.1) is 0 Å². The molecule has 0 saturated carbocycles. The highest BCUT2D eigenvalue weighted by Crippen LogP contribution is 2.23. The van der Waals surface area contributed by atoms with E-state index in [9.17, 15) is 9.59 Å². The van der Waals surface area contributed by atoms with Crippen molar-refractivity contribution in [2.45, 2.75) is 19.6 Å². The fourth-order valence-corrected chi connectivity index (χ4v) is 2.96. The maximum Gasteiger partial charge on any atom is 0.311 e. The van der Waals surface area contributed by atoms with Gasteiger partial charge in [-0.3, -0.25) is 9.59 Å². The first-order valence-corrected chi connectivity index (χ1v) is 8.23. The molecule has 24 heavy (non-hydrogen) atoms. The Balaban J connectivity index is 1.55. The third-order valence-corrected chi connectivity index (χ3v) is 4.46. The molecule has 1 aliphatic heterocycles. The summed E-state index contributed by atoms with van der Waals surface area (Å²) in [5, 5.41) is 0.568. The van der Waals surface area contributed by atoms with E-state index in [-0.39, 0.29) is 24.9 Å². The summed E-state index contributed by atoms with van der Waals surface area (Å²) in [5.74, 6) is -0.777. The Morgan fingerprint density at radius 1 is 1.12 bits per heavy atom. The van der Waals surface area contributed by atoms with Crippen LogP contribution in [0.2, 0.25) is 5.02 Å². The smallest absolute Gasteiger partial charge is 0.311 e. The molecule has 1 amide bonds. The summed E-state index contributed by atoms with van der Waals surface area (Å²) in [6.45, 7) is 1.05. The molecular weight excluding hydrogens is 326 g/mol. The second-order valence-corrected chi connectivity index (χ2v) is 6.27. The van der Waals surface area contributed by atoms with Crippen molar-refractivity contribution in [1.82, 2.24) is 4.90 Å². The highest BCUT2D eigenvalue weighted by Gasteiger charge is 2.35. The Hall–Kier alpha value is -2.33. The number of esters is 1. The van der Waals surface area contributed by atoms with Crippen molar-refractivity contribution >= 4 is 23.5 Å². The lowest BCUT2D eigenvalue weighted by Gasteiger charge is -2.16. The van der Waals surface area contributed by atoms with Crippen molar-refractivity contribution in [3.63, 3.8) is 0 Å². The molecule has 5 heteroatoms. The third-order valence-electron chi connectivity index (χ3n) is 4.09. The van der Waals surface area contributed by atoms with E-state index < -0.39 is 5.92 Å². The van der Waals surface area contributed by atoms with Crippen molar-refractivity contribution in [2.75, 3.05) is 6.54 Å². The van der Waals surface area contributed by atoms with E-state index in [1.54, 1.807) is 11.0 Å². The van der Waals surface area contributed by atoms with Crippen LogP contribution in [-0.2, 0) is 27.5 Å². The van der Waals surface area contributed by atoms with Crippen LogP contribution in [0.1, 0.15) is 17.5 Å². The average Bonchev–Trinajstić information content (AvgIpc) is 2.96. The summed E-state index contributed by atoms with van der Waals surface area (Å²) in [4.78, 5) is 26.1. The molecule has 0 radical (unpaired) electrons. The van der Waals surface area contributed by atoms with E-state index in [2.05, 4.69) is 0 Å². The topological polar surface area (TPSA) is 46.6 Å². The molecular formula is C19H18ClNO3. The predicted molar refractivity (Wildman–Crippen MR) is 91.2 cm³/mol. The summed E-state index contributed by atoms with van der Waals surface area (Å²) in [5.41, 5.74) is 1.81. The average molecular weight is 344 g/mol. The molecule has 4 nitrogen and oxygen atoms in total. The Morgan fingerprint density at radius 2 is 1.83 bits per heavy atom. The molecule has 1 atom stereocenters. The highest BCUT2D eigenvalue weighted by molar-refractivity contribution is 6.31. The van der Waals surface area contributed by atoms with Crippen LogP contribution < -0.4 is 0 Å². The minimum atomic E-state index is -0.413. The van der Waals surface area contributed by atoms with Gasteiger partial charge in [0, 0.05) is 30.1 Å². The molecule has 2 aromatic rings. The van der Waals surface area contributed by atoms with Crippen molar-refractivity contribution < 1.29 is 14.3 Å². The zero-order chi connectivity index (χ0) is 16.9. The summed E-state index contributed by atoms with van der Waals surface area (Å²) < 4.78 is 5.34. The maximum absolute atomic E-state index is 12.2. The SMILES string of the molecule is O=C(OCc1ccccc1Cl)C1CC(=O)N(Cc2ccccc2)C1. The Morgan fingerprint density at radius 3 is 2.58 bits per heavy atom. The Kier molecular flexibility index (Phi) is 5.16. The van der Waals surface area contributed by atoms with Gasteiger partial charge in [0.1, 0.15) is 6.61 Å². The number of hydrogen-bond acceptors (Lipinski definition) is 3. The number of ether oxygens (including phenoxy) is 1. The van der Waals surface area contributed by atoms with E-state index in [0.29, 0.717) is 18.1 Å². The quantitative estimate of drug-likeness (QED) is 0.781. The number of halogens is 1. The molecule has 1 saturated heterocycles. The molecule has 1 heterocycles. The first-order chi connectivity index (χ1) is 11.6. The van der Waals surface area contributed by atoms with Crippen molar-refractivity contribution in [1.29, 1.82) is 0 Å². The Labute approximate surface area is 146 Å². The van der Waals surface area contributed by atoms with Gasteiger partial charge in [0.05, 0.1) is 5.92 Å². The summed E-state index contributed by atoms with van der Waals surface area (Å²) in [6.07, 6.45) is 0.203. The van der Waals surface area contributed by atoms with Gasteiger partial charge in [-0.05, 0) is 11.6 Å². The molecule has 1 aliphatic rings. The maximum atomic E-state index is 12.2. The van der Waals surface area contributed by atoms with E-state index >= 15 is 0 Å². The van der Waals surface area contributed by atoms with Crippen LogP contribution >= 0.6 is 11.6 Å². The lowest BCUT2D eigenvalue weighted by atomic mass is 10.1. The largest absolute Gasteiger partial charge is 0.460 e. The van der Waals surface area contributed by atoms with Gasteiger partial charge in [0.2, 0.25) is 5.91 Å². The van der Waals surface area contributed by atoms with Crippen LogP contribution in [0.25, 0.3) is 0 Å². The van der Waals surface area contributed by atoms with Crippen molar-refractivity contribution in [3.8, 4) is 0 Å². The van der Waals surface area contributed by atoms with Gasteiger partial charge in [-0.2, -0.15) is 0 Å². The van der Waals surface area contributed by atoms with Gasteiger partial charge < -0.3 is 9.64 Å². The predicted octanol–water partition coefficient (Wildman–Crippen LogP) is 3.43. The summed E-state index contributed by atoms with van der Waals surface area (Å²) >= 11 is 6.05. The normalized spacial score (nSPS) is 17.1. The number of benzene rings is 2. The van der Waals surface area contributed by atoms with E-state index in [1.165, 1.54) is 0 Å². The molecule has 1 unspecified atom stereocenters. The summed E-state index contributed by atoms with van der Waals surface area (Å²) in [6, 6.07) is 17.0. The zero-order valence-electron chi connectivity index (χ0n) is 13.2. The van der Waals surface area contributed by atoms with Crippen LogP contribution in [0.15, 0.2) is 54.6 Å². The lowest BCUT2D eigenvalue weighted by molar-refractivity contribution is -0.149. The highest BCUT2D eigenvalue weighted by atomic mass is 35.5. The number of carbonyl (C=O) groups is 2. The zero-order valence-corrected chi connectivity index (χ0v) is 13.9. The van der Waals surface area contributed by atoms with Gasteiger partial charge in [-0.1, -0.05) is 60.1 Å². The Bertz CT molecular complexity index is 732. The lowest BCUT2D eigenvalue weighted by Crippen LogP contribution is -2.26. The number of nitrogens with zero attached hydrogens (tertiary/aromatic N) is 1. The number of likely N-dealkylation sites (tertiary alicyclic amines) is 1. The molecule has 2 aromatic carbocycles. The van der Waals surface area contributed by atoms with Gasteiger partial charge in [0.15, 0.2) is 0 Å². The van der Waals surface area contributed by atoms with Crippen molar-refractivity contribution in [3.05, 3.63) is 70.7 Å². The van der Waals surface area contributed by atoms with Crippen LogP contribution in [0.4, 0.5) is 0 Å². The molecule has 1 fully saturated rings. The van der Waals surface area contributed by atoms with E-state index in [4.69, 9.17) is 16.3 Å². The standard InChI is InChI=1S/C19H18ClNO3/c20-17-9-5-4-8-15(17)13-24-19(23)16-10-18(22)21(12-16)11-14-6-2-1-3-7-14/h1-9,16H,10-13H2. The van der Waals surface area contributed by atoms with E-state index in [1.807, 2.05) is 48.5 Å². The minimum Gasteiger partial charge on any atom is -0.460 e. The fraction of sp³-hybridized carbons (Fsp3) is 0.263. The minimum absolute atomic E-state index is 0.0152. The first kappa shape index (κ1) is 16.5. The van der Waals surface area contributed by atoms with Crippen molar-refractivity contribution in [2.24, 2.45) is 5.92 Å². The van der Waals surface area contributed by atoms with Gasteiger partial charge >= 0.3 is 5.97 Å².